The molecule has 0 aliphatic carbocycles. The minimum Gasteiger partial charge on any atom is -0.494 e. The van der Waals surface area contributed by atoms with Gasteiger partial charge in [0.2, 0.25) is 5.90 Å². The van der Waals surface area contributed by atoms with E-state index in [0.717, 1.165) is 0 Å². The Morgan fingerprint density at radius 1 is 0.978 bits per heavy atom. The number of azide groups is 2. The van der Waals surface area contributed by atoms with E-state index in [1.165, 1.54) is 0 Å². The summed E-state index contributed by atoms with van der Waals surface area (Å²) in [6, 6.07) is 21.3. The van der Waals surface area contributed by atoms with Crippen molar-refractivity contribution in [2.24, 2.45) is 15.2 Å². The van der Waals surface area contributed by atoms with Crippen LogP contribution < -0.4 is 10.1 Å². The van der Waals surface area contributed by atoms with Crippen molar-refractivity contribution >= 4 is 11.8 Å². The normalized spacial score (nSPS) is 17.7. The number of nitrogens with zero attached hydrogens (tertiary/aromatic N) is 7. The number of ether oxygens (including phenoxy) is 2. The van der Waals surface area contributed by atoms with Crippen molar-refractivity contribution in [2.75, 3.05) is 26.4 Å². The third-order valence-electron chi connectivity index (χ3n) is 7.26. The summed E-state index contributed by atoms with van der Waals surface area (Å²) in [6.07, 6.45) is -1.73. The fraction of sp³-hybridized carbons (Fsp3) is 0.355. The summed E-state index contributed by atoms with van der Waals surface area (Å²) in [6.45, 7) is -0.406. The van der Waals surface area contributed by atoms with E-state index < -0.39 is 30.3 Å². The van der Waals surface area contributed by atoms with Crippen LogP contribution in [-0.2, 0) is 29.0 Å². The highest BCUT2D eigenvalue weighted by atomic mass is 16.5. The van der Waals surface area contributed by atoms with Gasteiger partial charge in [-0.05, 0) is 57.6 Å². The Morgan fingerprint density at radius 2 is 1.62 bits per heavy atom. The van der Waals surface area contributed by atoms with Gasteiger partial charge in [-0.1, -0.05) is 58.8 Å². The molecular weight excluding hydrogens is 580 g/mol. The van der Waals surface area contributed by atoms with Crippen molar-refractivity contribution in [1.82, 2.24) is 5.32 Å². The van der Waals surface area contributed by atoms with Gasteiger partial charge in [-0.25, -0.2) is 4.99 Å². The monoisotopic (exact) mass is 614 g/mol. The molecule has 3 aromatic rings. The number of aliphatic hydroxyl groups is 3. The molecule has 0 aromatic heterocycles. The fourth-order valence-corrected chi connectivity index (χ4v) is 5.01. The molecule has 4 rings (SSSR count). The van der Waals surface area contributed by atoms with E-state index in [0.29, 0.717) is 46.6 Å². The summed E-state index contributed by atoms with van der Waals surface area (Å²) in [5, 5.41) is 38.7. The van der Waals surface area contributed by atoms with Gasteiger partial charge in [-0.15, -0.1) is 0 Å². The number of amides is 1. The van der Waals surface area contributed by atoms with E-state index in [1.54, 1.807) is 66.7 Å². The number of carbonyl (C=O) groups is 1. The van der Waals surface area contributed by atoms with Gasteiger partial charge in [0.05, 0.1) is 32.4 Å². The second-order valence-corrected chi connectivity index (χ2v) is 10.3. The molecule has 0 saturated heterocycles. The number of benzene rings is 3. The molecule has 1 aliphatic rings. The van der Waals surface area contributed by atoms with Crippen LogP contribution in [0.4, 0.5) is 0 Å². The Bertz CT molecular complexity index is 1590. The molecule has 1 amide bonds. The van der Waals surface area contributed by atoms with Crippen molar-refractivity contribution < 1.29 is 29.6 Å². The second kappa shape index (κ2) is 16.1. The largest absolute Gasteiger partial charge is 0.494 e. The maximum absolute atomic E-state index is 14.3. The molecule has 0 radical (unpaired) electrons. The summed E-state index contributed by atoms with van der Waals surface area (Å²) in [7, 11) is 0. The number of aliphatic imine (C=N–C) groups is 1. The lowest BCUT2D eigenvalue weighted by Crippen LogP contribution is -2.52. The highest BCUT2D eigenvalue weighted by Gasteiger charge is 2.54. The van der Waals surface area contributed by atoms with Crippen LogP contribution in [0.25, 0.3) is 20.9 Å². The number of hydrogen-bond acceptors (Lipinski definition) is 9. The molecule has 0 fully saturated rings. The van der Waals surface area contributed by atoms with Crippen molar-refractivity contribution in [2.45, 2.75) is 43.7 Å². The zero-order valence-electron chi connectivity index (χ0n) is 24.4. The molecule has 1 heterocycles. The predicted octanol–water partition coefficient (Wildman–Crippen LogP) is 4.04. The summed E-state index contributed by atoms with van der Waals surface area (Å²) >= 11 is 0. The van der Waals surface area contributed by atoms with Crippen molar-refractivity contribution in [3.05, 3.63) is 121 Å². The van der Waals surface area contributed by atoms with Crippen LogP contribution >= 0.6 is 0 Å². The number of rotatable bonds is 16. The summed E-state index contributed by atoms with van der Waals surface area (Å²) < 4.78 is 12.2. The van der Waals surface area contributed by atoms with Gasteiger partial charge in [-0.2, -0.15) is 0 Å². The van der Waals surface area contributed by atoms with Gasteiger partial charge in [0.15, 0.2) is 11.6 Å². The minimum absolute atomic E-state index is 0.00383. The first-order valence-corrected chi connectivity index (χ1v) is 14.3. The maximum atomic E-state index is 14.3. The van der Waals surface area contributed by atoms with E-state index in [1.807, 2.05) is 6.07 Å². The lowest BCUT2D eigenvalue weighted by atomic mass is 9.79. The summed E-state index contributed by atoms with van der Waals surface area (Å²) in [4.78, 5) is 25.0. The molecule has 14 heteroatoms. The molecule has 4 N–H and O–H groups in total. The molecule has 1 unspecified atom stereocenters. The Labute approximate surface area is 259 Å². The van der Waals surface area contributed by atoms with Crippen molar-refractivity contribution in [3.63, 3.8) is 0 Å². The van der Waals surface area contributed by atoms with Gasteiger partial charge in [0.25, 0.3) is 5.91 Å². The fourth-order valence-electron chi connectivity index (χ4n) is 5.01. The first-order valence-electron chi connectivity index (χ1n) is 14.3. The Hall–Kier alpha value is -5.10. The van der Waals surface area contributed by atoms with E-state index in [2.05, 4.69) is 25.4 Å². The molecule has 14 nitrogen and oxygen atoms in total. The molecule has 0 saturated carbocycles. The quantitative estimate of drug-likeness (QED) is 0.0807. The van der Waals surface area contributed by atoms with Crippen LogP contribution in [0.1, 0.15) is 40.3 Å². The zero-order chi connectivity index (χ0) is 32.1. The van der Waals surface area contributed by atoms with E-state index in [4.69, 9.17) is 30.6 Å². The molecule has 45 heavy (non-hydrogen) atoms. The summed E-state index contributed by atoms with van der Waals surface area (Å²) in [5.41, 5.74) is 19.5. The van der Waals surface area contributed by atoms with Gasteiger partial charge in [-0.3, -0.25) is 4.79 Å². The van der Waals surface area contributed by atoms with Crippen LogP contribution in [0, 0.1) is 0 Å². The molecule has 0 bridgehead atoms. The van der Waals surface area contributed by atoms with E-state index in [-0.39, 0.29) is 38.6 Å². The first kappa shape index (κ1) is 32.8. The van der Waals surface area contributed by atoms with Crippen LogP contribution in [0.5, 0.6) is 5.75 Å². The molecule has 3 atom stereocenters. The highest BCUT2D eigenvalue weighted by molar-refractivity contribution is 6.01. The molecule has 234 valence electrons. The number of hydrogen-bond donors (Lipinski definition) is 4. The van der Waals surface area contributed by atoms with Crippen molar-refractivity contribution in [3.8, 4) is 5.75 Å². The predicted molar refractivity (Wildman–Crippen MR) is 165 cm³/mol. The Morgan fingerprint density at radius 3 is 2.29 bits per heavy atom. The average Bonchev–Trinajstić information content (AvgIpc) is 3.46. The SMILES string of the molecule is [N-]=[N+]=NCc1ccccc1C[C@]1(C(=O)NCC(O)CO)N=C(c2ccc(OCCCO)cc2)O[C@H]1c1ccccc1CN=[N+]=[N-]. The molecule has 0 spiro atoms. The van der Waals surface area contributed by atoms with Gasteiger partial charge in [0.1, 0.15) is 5.75 Å². The Balaban J connectivity index is 1.87. The average molecular weight is 615 g/mol. The third-order valence-corrected chi connectivity index (χ3v) is 7.26. The van der Waals surface area contributed by atoms with Gasteiger partial charge >= 0.3 is 0 Å². The topological polar surface area (TPSA) is 218 Å². The van der Waals surface area contributed by atoms with Gasteiger partial charge in [0, 0.05) is 41.4 Å². The van der Waals surface area contributed by atoms with Crippen LogP contribution in [0.15, 0.2) is 88.0 Å². The molecule has 3 aromatic carbocycles. The Kier molecular flexibility index (Phi) is 11.7. The highest BCUT2D eigenvalue weighted by Crippen LogP contribution is 2.44. The maximum Gasteiger partial charge on any atom is 0.252 e. The number of carbonyl (C=O) groups excluding carboxylic acids is 1. The lowest BCUT2D eigenvalue weighted by molar-refractivity contribution is -0.129. The number of aliphatic hydroxyl groups excluding tert-OH is 3. The summed E-state index contributed by atoms with van der Waals surface area (Å²) in [5.74, 6) is 0.179. The van der Waals surface area contributed by atoms with Gasteiger partial charge < -0.3 is 30.1 Å². The zero-order valence-corrected chi connectivity index (χ0v) is 24.4. The molecular formula is C31H34N8O6. The standard InChI is InChI=1S/C31H34N8O6/c32-38-35-17-23-7-2-1-6-22(23)16-31(30(43)34-19-25(42)20-41)28(27-9-4-3-8-24(27)18-36-39-33)45-29(37-31)21-10-12-26(13-11-21)44-15-5-14-40/h1-4,6-13,25,28,40-42H,5,14-20H2,(H,34,43)/t25?,28-,31-/m0/s1. The van der Waals surface area contributed by atoms with E-state index in [9.17, 15) is 15.0 Å². The smallest absolute Gasteiger partial charge is 0.252 e. The minimum atomic E-state index is -1.65. The first-order chi connectivity index (χ1) is 21.9. The molecule has 1 aliphatic heterocycles. The lowest BCUT2D eigenvalue weighted by Gasteiger charge is -2.32. The van der Waals surface area contributed by atoms with Crippen LogP contribution in [0.3, 0.4) is 0 Å². The van der Waals surface area contributed by atoms with E-state index >= 15 is 0 Å². The van der Waals surface area contributed by atoms with Crippen LogP contribution in [-0.4, -0.2) is 65.1 Å². The van der Waals surface area contributed by atoms with Crippen molar-refractivity contribution in [1.29, 1.82) is 0 Å². The second-order valence-electron chi connectivity index (χ2n) is 10.3. The van der Waals surface area contributed by atoms with Crippen LogP contribution in [0.2, 0.25) is 0 Å². The third kappa shape index (κ3) is 8.09. The number of nitrogens with one attached hydrogen (secondary N) is 1.